The molecule has 5 heteroatoms. The highest BCUT2D eigenvalue weighted by atomic mass is 19.1. The molecule has 3 fully saturated rings. The van der Waals surface area contributed by atoms with Crippen molar-refractivity contribution in [3.05, 3.63) is 47.8 Å². The second kappa shape index (κ2) is 8.25. The van der Waals surface area contributed by atoms with Gasteiger partial charge in [-0.25, -0.2) is 4.39 Å². The van der Waals surface area contributed by atoms with E-state index in [1.54, 1.807) is 18.2 Å². The molecule has 1 aliphatic heterocycles. The van der Waals surface area contributed by atoms with Crippen LogP contribution in [0.25, 0.3) is 0 Å². The van der Waals surface area contributed by atoms with Gasteiger partial charge in [-0.1, -0.05) is 44.5 Å². The van der Waals surface area contributed by atoms with E-state index in [1.807, 2.05) is 18.0 Å². The number of carbonyl (C=O) groups excluding carboxylic acids is 2. The number of fused-ring (bicyclic) bond motifs is 5. The number of hydrogen-bond acceptors (Lipinski definition) is 2. The molecule has 5 rings (SSSR count). The maximum Gasteiger partial charge on any atom is 0.246 e. The third-order valence-corrected chi connectivity index (χ3v) is 9.79. The lowest BCUT2D eigenvalue weighted by Crippen LogP contribution is -2.65. The molecular weight excluding hydrogens is 415 g/mol. The number of amides is 2. The van der Waals surface area contributed by atoms with Gasteiger partial charge in [0.15, 0.2) is 0 Å². The summed E-state index contributed by atoms with van der Waals surface area (Å²) in [7, 11) is 1.93. The Morgan fingerprint density at radius 2 is 2.00 bits per heavy atom. The zero-order chi connectivity index (χ0) is 23.4. The minimum absolute atomic E-state index is 0.0111. The van der Waals surface area contributed by atoms with E-state index < -0.39 is 0 Å². The van der Waals surface area contributed by atoms with Crippen molar-refractivity contribution in [3.8, 4) is 0 Å². The van der Waals surface area contributed by atoms with Crippen LogP contribution in [0.5, 0.6) is 0 Å². The van der Waals surface area contributed by atoms with Gasteiger partial charge in [0.05, 0.1) is 0 Å². The van der Waals surface area contributed by atoms with Gasteiger partial charge in [0.1, 0.15) is 5.82 Å². The molecule has 1 N–H and O–H groups in total. The van der Waals surface area contributed by atoms with E-state index in [2.05, 4.69) is 25.2 Å². The Balaban J connectivity index is 1.41. The fourth-order valence-corrected chi connectivity index (χ4v) is 8.31. The van der Waals surface area contributed by atoms with Gasteiger partial charge in [0.25, 0.3) is 0 Å². The lowest BCUT2D eigenvalue weighted by atomic mass is 9.47. The van der Waals surface area contributed by atoms with Crippen molar-refractivity contribution in [1.82, 2.24) is 10.2 Å². The molecular formula is C28H37FN2O2. The average Bonchev–Trinajstić information content (AvgIpc) is 3.17. The van der Waals surface area contributed by atoms with Crippen molar-refractivity contribution in [2.24, 2.45) is 28.6 Å². The Labute approximate surface area is 197 Å². The van der Waals surface area contributed by atoms with Crippen LogP contribution < -0.4 is 5.32 Å². The number of rotatable bonds is 4. The van der Waals surface area contributed by atoms with Crippen LogP contribution >= 0.6 is 0 Å². The molecule has 1 aromatic carbocycles. The third kappa shape index (κ3) is 3.72. The highest BCUT2D eigenvalue weighted by Gasteiger charge is 2.61. The molecule has 0 spiro atoms. The van der Waals surface area contributed by atoms with Crippen LogP contribution in [-0.4, -0.2) is 35.8 Å². The van der Waals surface area contributed by atoms with E-state index in [0.29, 0.717) is 36.2 Å². The van der Waals surface area contributed by atoms with Crippen LogP contribution in [0.4, 0.5) is 4.39 Å². The minimum Gasteiger partial charge on any atom is -0.353 e. The summed E-state index contributed by atoms with van der Waals surface area (Å²) in [4.78, 5) is 27.5. The molecule has 1 aromatic rings. The summed E-state index contributed by atoms with van der Waals surface area (Å²) in [5.74, 6) is 1.43. The van der Waals surface area contributed by atoms with Crippen LogP contribution in [0, 0.1) is 34.4 Å². The lowest BCUT2D eigenvalue weighted by Gasteiger charge is -2.62. The molecule has 2 unspecified atom stereocenters. The number of nitrogens with one attached hydrogen (secondary N) is 1. The van der Waals surface area contributed by atoms with E-state index >= 15 is 0 Å². The molecule has 1 heterocycles. The van der Waals surface area contributed by atoms with Crippen LogP contribution in [0.15, 0.2) is 36.4 Å². The van der Waals surface area contributed by atoms with Crippen molar-refractivity contribution in [2.75, 3.05) is 7.05 Å². The molecule has 0 bridgehead atoms. The normalized spacial score (nSPS) is 39.6. The SMILES string of the molecule is CN1C(=O)C=C[C@@]2(C)C1CC[C@@H]1[C@H]2C(NC(=O)CCc2ccccc2F)C[C@]2(C)CCC[C@@H]12. The number of hydrogen-bond donors (Lipinski definition) is 1. The molecule has 0 saturated heterocycles. The van der Waals surface area contributed by atoms with E-state index in [1.165, 1.54) is 25.3 Å². The van der Waals surface area contributed by atoms with E-state index in [9.17, 15) is 14.0 Å². The first-order valence-corrected chi connectivity index (χ1v) is 12.7. The highest BCUT2D eigenvalue weighted by molar-refractivity contribution is 5.89. The molecule has 178 valence electrons. The minimum atomic E-state index is -0.244. The first kappa shape index (κ1) is 22.6. The number of halogens is 1. The summed E-state index contributed by atoms with van der Waals surface area (Å²) < 4.78 is 14.1. The number of benzene rings is 1. The fraction of sp³-hybridized carbons (Fsp3) is 0.643. The van der Waals surface area contributed by atoms with Gasteiger partial charge < -0.3 is 10.2 Å². The molecule has 7 atom stereocenters. The number of aryl methyl sites for hydroxylation is 1. The lowest BCUT2D eigenvalue weighted by molar-refractivity contribution is -0.143. The summed E-state index contributed by atoms with van der Waals surface area (Å²) in [5.41, 5.74) is 0.726. The maximum atomic E-state index is 14.1. The van der Waals surface area contributed by atoms with Crippen LogP contribution in [-0.2, 0) is 16.0 Å². The Morgan fingerprint density at radius 1 is 1.21 bits per heavy atom. The summed E-state index contributed by atoms with van der Waals surface area (Å²) in [6, 6.07) is 6.98. The predicted molar refractivity (Wildman–Crippen MR) is 127 cm³/mol. The van der Waals surface area contributed by atoms with Crippen molar-refractivity contribution in [1.29, 1.82) is 0 Å². The Hall–Kier alpha value is -2.17. The van der Waals surface area contributed by atoms with Gasteiger partial charge in [-0.15, -0.1) is 0 Å². The topological polar surface area (TPSA) is 49.4 Å². The second-order valence-electron chi connectivity index (χ2n) is 11.6. The van der Waals surface area contributed by atoms with Crippen LogP contribution in [0.1, 0.15) is 64.4 Å². The highest BCUT2D eigenvalue weighted by Crippen LogP contribution is 2.63. The molecule has 4 nitrogen and oxygen atoms in total. The molecule has 4 aliphatic rings. The first-order valence-electron chi connectivity index (χ1n) is 12.7. The molecule has 3 saturated carbocycles. The van der Waals surface area contributed by atoms with Crippen molar-refractivity contribution < 1.29 is 14.0 Å². The van der Waals surface area contributed by atoms with Gasteiger partial charge in [-0.05, 0) is 79.4 Å². The standard InChI is InChI=1S/C28H37FN2O2/c1-27-15-6-8-20(27)19-11-12-23-28(2,16-14-25(33)31(23)3)26(19)22(17-27)30-24(32)13-10-18-7-4-5-9-21(18)29/h4-5,7,9,14,16,19-20,22-23,26H,6,8,10-13,15,17H2,1-3H3,(H,30,32)/t19-,20-,22?,23?,26-,27-,28-/m0/s1. The van der Waals surface area contributed by atoms with Crippen molar-refractivity contribution >= 4 is 11.8 Å². The first-order chi connectivity index (χ1) is 15.7. The number of carbonyl (C=O) groups is 2. The van der Waals surface area contributed by atoms with Crippen molar-refractivity contribution in [2.45, 2.75) is 77.3 Å². The third-order valence-electron chi connectivity index (χ3n) is 9.79. The maximum absolute atomic E-state index is 14.1. The van der Waals surface area contributed by atoms with Gasteiger partial charge in [-0.3, -0.25) is 9.59 Å². The average molecular weight is 453 g/mol. The monoisotopic (exact) mass is 452 g/mol. The smallest absolute Gasteiger partial charge is 0.246 e. The Morgan fingerprint density at radius 3 is 2.79 bits per heavy atom. The van der Waals surface area contributed by atoms with Gasteiger partial charge >= 0.3 is 0 Å². The second-order valence-corrected chi connectivity index (χ2v) is 11.6. The Bertz CT molecular complexity index is 976. The predicted octanol–water partition coefficient (Wildman–Crippen LogP) is 4.88. The van der Waals surface area contributed by atoms with E-state index in [-0.39, 0.29) is 40.5 Å². The number of likely N-dealkylation sites (N-methyl/N-ethyl adjacent to an activating group) is 1. The Kier molecular flexibility index (Phi) is 5.65. The van der Waals surface area contributed by atoms with E-state index in [0.717, 1.165) is 19.3 Å². The summed E-state index contributed by atoms with van der Waals surface area (Å²) in [6.07, 6.45) is 11.6. The van der Waals surface area contributed by atoms with Crippen LogP contribution in [0.3, 0.4) is 0 Å². The summed E-state index contributed by atoms with van der Waals surface area (Å²) in [5, 5.41) is 3.43. The zero-order valence-electron chi connectivity index (χ0n) is 20.1. The van der Waals surface area contributed by atoms with E-state index in [4.69, 9.17) is 0 Å². The molecule has 0 radical (unpaired) electrons. The largest absolute Gasteiger partial charge is 0.353 e. The van der Waals surface area contributed by atoms with Gasteiger partial charge in [0.2, 0.25) is 11.8 Å². The fourth-order valence-electron chi connectivity index (χ4n) is 8.31. The summed E-state index contributed by atoms with van der Waals surface area (Å²) in [6.45, 7) is 4.74. The molecule has 3 aliphatic carbocycles. The van der Waals surface area contributed by atoms with Crippen LogP contribution in [0.2, 0.25) is 0 Å². The quantitative estimate of drug-likeness (QED) is 0.708. The van der Waals surface area contributed by atoms with Gasteiger partial charge in [-0.2, -0.15) is 0 Å². The zero-order valence-corrected chi connectivity index (χ0v) is 20.1. The molecule has 2 amide bonds. The molecule has 33 heavy (non-hydrogen) atoms. The number of nitrogens with zero attached hydrogens (tertiary/aromatic N) is 1. The van der Waals surface area contributed by atoms with Gasteiger partial charge in [0, 0.05) is 31.0 Å². The van der Waals surface area contributed by atoms with Crippen molar-refractivity contribution in [3.63, 3.8) is 0 Å². The molecule has 0 aromatic heterocycles. The summed E-state index contributed by atoms with van der Waals surface area (Å²) >= 11 is 0.